The Morgan fingerprint density at radius 3 is 2.62 bits per heavy atom. The van der Waals surface area contributed by atoms with Gasteiger partial charge in [-0.1, -0.05) is 17.7 Å². The maximum atomic E-state index is 6.15. The van der Waals surface area contributed by atoms with Crippen molar-refractivity contribution >= 4 is 34.7 Å². The van der Waals surface area contributed by atoms with E-state index in [1.54, 1.807) is 20.3 Å². The van der Waals surface area contributed by atoms with E-state index in [2.05, 4.69) is 25.8 Å². The first-order chi connectivity index (χ1) is 12.6. The summed E-state index contributed by atoms with van der Waals surface area (Å²) >= 11 is 6.15. The number of halogens is 1. The summed E-state index contributed by atoms with van der Waals surface area (Å²) in [6.45, 7) is 1.93. The van der Waals surface area contributed by atoms with Gasteiger partial charge in [0.25, 0.3) is 0 Å². The second kappa shape index (κ2) is 7.88. The van der Waals surface area contributed by atoms with E-state index in [1.165, 1.54) is 6.20 Å². The van der Waals surface area contributed by atoms with Gasteiger partial charge in [-0.15, -0.1) is 5.10 Å². The van der Waals surface area contributed by atoms with E-state index in [0.29, 0.717) is 34.0 Å². The fourth-order valence-corrected chi connectivity index (χ4v) is 2.49. The summed E-state index contributed by atoms with van der Waals surface area (Å²) < 4.78 is 10.6. The molecule has 2 N–H and O–H groups in total. The van der Waals surface area contributed by atoms with E-state index in [-0.39, 0.29) is 0 Å². The summed E-state index contributed by atoms with van der Waals surface area (Å²) in [4.78, 5) is 4.43. The molecule has 3 rings (SSSR count). The molecule has 0 bridgehead atoms. The number of rotatable bonds is 6. The van der Waals surface area contributed by atoms with E-state index in [1.807, 2.05) is 37.3 Å². The number of nitrogens with zero attached hydrogens (tertiary/aromatic N) is 3. The molecule has 2 aromatic carbocycles. The Kier molecular flexibility index (Phi) is 5.38. The van der Waals surface area contributed by atoms with Crippen LogP contribution < -0.4 is 20.1 Å². The standard InChI is InChI=1S/C18H18ClN5O2/c1-11-13(19)5-4-6-14(11)21-17-10-20-24-18(23-17)22-15-8-7-12(25-2)9-16(15)26-3/h4-10H,1-3H3,(H2,21,22,23,24). The number of anilines is 4. The molecule has 7 nitrogen and oxygen atoms in total. The first kappa shape index (κ1) is 17.8. The lowest BCUT2D eigenvalue weighted by molar-refractivity contribution is 0.395. The van der Waals surface area contributed by atoms with Gasteiger partial charge < -0.3 is 20.1 Å². The van der Waals surface area contributed by atoms with E-state index >= 15 is 0 Å². The first-order valence-electron chi connectivity index (χ1n) is 7.81. The Morgan fingerprint density at radius 2 is 1.85 bits per heavy atom. The van der Waals surface area contributed by atoms with Crippen LogP contribution in [0, 0.1) is 6.92 Å². The van der Waals surface area contributed by atoms with Gasteiger partial charge in [0.15, 0.2) is 5.82 Å². The Hall–Kier alpha value is -3.06. The minimum Gasteiger partial charge on any atom is -0.497 e. The lowest BCUT2D eigenvalue weighted by Crippen LogP contribution is -2.04. The van der Waals surface area contributed by atoms with E-state index in [0.717, 1.165) is 11.3 Å². The number of ether oxygens (including phenoxy) is 2. The summed E-state index contributed by atoms with van der Waals surface area (Å²) in [5.41, 5.74) is 2.48. The zero-order chi connectivity index (χ0) is 18.5. The van der Waals surface area contributed by atoms with Gasteiger partial charge in [0.05, 0.1) is 26.1 Å². The highest BCUT2D eigenvalue weighted by atomic mass is 35.5. The van der Waals surface area contributed by atoms with Crippen LogP contribution in [0.25, 0.3) is 0 Å². The topological polar surface area (TPSA) is 81.2 Å². The number of methoxy groups -OCH3 is 2. The zero-order valence-corrected chi connectivity index (χ0v) is 15.3. The van der Waals surface area contributed by atoms with Crippen molar-refractivity contribution < 1.29 is 9.47 Å². The number of hydrogen-bond acceptors (Lipinski definition) is 7. The third-order valence-corrected chi connectivity index (χ3v) is 4.15. The number of aromatic nitrogens is 3. The maximum Gasteiger partial charge on any atom is 0.249 e. The van der Waals surface area contributed by atoms with Crippen molar-refractivity contribution in [3.05, 3.63) is 53.2 Å². The molecule has 26 heavy (non-hydrogen) atoms. The average Bonchev–Trinajstić information content (AvgIpc) is 2.66. The Bertz CT molecular complexity index is 920. The smallest absolute Gasteiger partial charge is 0.249 e. The van der Waals surface area contributed by atoms with Crippen LogP contribution in [-0.2, 0) is 0 Å². The van der Waals surface area contributed by atoms with Crippen LogP contribution in [-0.4, -0.2) is 29.4 Å². The first-order valence-corrected chi connectivity index (χ1v) is 8.19. The second-order valence-corrected chi connectivity index (χ2v) is 5.80. The molecule has 0 radical (unpaired) electrons. The van der Waals surface area contributed by atoms with Crippen LogP contribution in [0.3, 0.4) is 0 Å². The summed E-state index contributed by atoms with van der Waals surface area (Å²) in [6.07, 6.45) is 1.54. The van der Waals surface area contributed by atoms with Gasteiger partial charge in [-0.3, -0.25) is 0 Å². The van der Waals surface area contributed by atoms with Gasteiger partial charge in [0.1, 0.15) is 11.5 Å². The molecule has 0 saturated carbocycles. The maximum absolute atomic E-state index is 6.15. The molecule has 0 aliphatic rings. The molecule has 0 amide bonds. The molecule has 134 valence electrons. The van der Waals surface area contributed by atoms with Crippen LogP contribution in [0.4, 0.5) is 23.1 Å². The van der Waals surface area contributed by atoms with Crippen LogP contribution in [0.15, 0.2) is 42.6 Å². The molecule has 1 heterocycles. The largest absolute Gasteiger partial charge is 0.497 e. The van der Waals surface area contributed by atoms with Crippen molar-refractivity contribution in [3.8, 4) is 11.5 Å². The van der Waals surface area contributed by atoms with Gasteiger partial charge in [-0.05, 0) is 36.8 Å². The normalized spacial score (nSPS) is 10.3. The Labute approximate surface area is 156 Å². The van der Waals surface area contributed by atoms with Gasteiger partial charge in [0.2, 0.25) is 5.95 Å². The molecule has 3 aromatic rings. The summed E-state index contributed by atoms with van der Waals surface area (Å²) in [7, 11) is 3.18. The molecule has 0 aliphatic heterocycles. The van der Waals surface area contributed by atoms with Crippen molar-refractivity contribution in [3.63, 3.8) is 0 Å². The highest BCUT2D eigenvalue weighted by Crippen LogP contribution is 2.31. The molecule has 0 unspecified atom stereocenters. The number of benzene rings is 2. The molecular weight excluding hydrogens is 354 g/mol. The van der Waals surface area contributed by atoms with Crippen molar-refractivity contribution in [2.24, 2.45) is 0 Å². The Morgan fingerprint density at radius 1 is 1.00 bits per heavy atom. The minimum atomic E-state index is 0.332. The monoisotopic (exact) mass is 371 g/mol. The highest BCUT2D eigenvalue weighted by Gasteiger charge is 2.09. The molecule has 0 spiro atoms. The molecule has 0 atom stereocenters. The summed E-state index contributed by atoms with van der Waals surface area (Å²) in [5.74, 6) is 2.17. The fourth-order valence-electron chi connectivity index (χ4n) is 2.32. The molecule has 1 aromatic heterocycles. The predicted octanol–water partition coefficient (Wildman–Crippen LogP) is 4.34. The van der Waals surface area contributed by atoms with Crippen molar-refractivity contribution in [2.75, 3.05) is 24.9 Å². The minimum absolute atomic E-state index is 0.332. The SMILES string of the molecule is COc1ccc(Nc2nncc(Nc3cccc(Cl)c3C)n2)c(OC)c1. The van der Waals surface area contributed by atoms with Gasteiger partial charge in [-0.2, -0.15) is 10.1 Å². The average molecular weight is 372 g/mol. The van der Waals surface area contributed by atoms with Crippen molar-refractivity contribution in [2.45, 2.75) is 6.92 Å². The van der Waals surface area contributed by atoms with Gasteiger partial charge in [-0.25, -0.2) is 0 Å². The van der Waals surface area contributed by atoms with Crippen LogP contribution in [0.2, 0.25) is 5.02 Å². The van der Waals surface area contributed by atoms with E-state index in [4.69, 9.17) is 21.1 Å². The summed E-state index contributed by atoms with van der Waals surface area (Å²) in [6, 6.07) is 11.0. The number of hydrogen-bond donors (Lipinski definition) is 2. The third kappa shape index (κ3) is 3.94. The fraction of sp³-hybridized carbons (Fsp3) is 0.167. The lowest BCUT2D eigenvalue weighted by Gasteiger charge is -2.12. The van der Waals surface area contributed by atoms with E-state index < -0.39 is 0 Å². The quantitative estimate of drug-likeness (QED) is 0.667. The molecule has 0 fully saturated rings. The van der Waals surface area contributed by atoms with Crippen molar-refractivity contribution in [1.29, 1.82) is 0 Å². The molecule has 8 heteroatoms. The number of nitrogens with one attached hydrogen (secondary N) is 2. The van der Waals surface area contributed by atoms with Crippen molar-refractivity contribution in [1.82, 2.24) is 15.2 Å². The summed E-state index contributed by atoms with van der Waals surface area (Å²) in [5, 5.41) is 15.0. The zero-order valence-electron chi connectivity index (χ0n) is 14.6. The Balaban J connectivity index is 1.83. The van der Waals surface area contributed by atoms with E-state index in [9.17, 15) is 0 Å². The predicted molar refractivity (Wildman–Crippen MR) is 102 cm³/mol. The highest BCUT2D eigenvalue weighted by molar-refractivity contribution is 6.31. The lowest BCUT2D eigenvalue weighted by atomic mass is 10.2. The van der Waals surface area contributed by atoms with Gasteiger partial charge in [0, 0.05) is 16.8 Å². The molecular formula is C18H18ClN5O2. The van der Waals surface area contributed by atoms with Gasteiger partial charge >= 0.3 is 0 Å². The molecule has 0 saturated heterocycles. The molecule has 0 aliphatic carbocycles. The van der Waals surface area contributed by atoms with Crippen LogP contribution in [0.1, 0.15) is 5.56 Å². The second-order valence-electron chi connectivity index (χ2n) is 5.39. The van der Waals surface area contributed by atoms with Crippen LogP contribution in [0.5, 0.6) is 11.5 Å². The third-order valence-electron chi connectivity index (χ3n) is 3.74. The van der Waals surface area contributed by atoms with Crippen LogP contribution >= 0.6 is 11.6 Å².